The highest BCUT2D eigenvalue weighted by Gasteiger charge is 2.48. The van der Waals surface area contributed by atoms with Crippen LogP contribution in [0.1, 0.15) is 34.1 Å². The fourth-order valence-electron chi connectivity index (χ4n) is 1.59. The van der Waals surface area contributed by atoms with E-state index in [2.05, 4.69) is 13.8 Å². The molecule has 0 radical (unpaired) electrons. The quantitative estimate of drug-likeness (QED) is 0.604. The molecule has 0 aromatic heterocycles. The fraction of sp³-hybridized carbons (Fsp3) is 0.900. The van der Waals surface area contributed by atoms with Crippen LogP contribution in [0.2, 0.25) is 0 Å². The molecule has 1 aliphatic heterocycles. The van der Waals surface area contributed by atoms with Crippen molar-refractivity contribution in [1.29, 1.82) is 0 Å². The van der Waals surface area contributed by atoms with Gasteiger partial charge >= 0.3 is 0 Å². The summed E-state index contributed by atoms with van der Waals surface area (Å²) in [6.45, 7) is 8.77. The highest BCUT2D eigenvalue weighted by molar-refractivity contribution is 5.90. The normalized spacial score (nSPS) is 30.4. The van der Waals surface area contributed by atoms with Gasteiger partial charge in [0.25, 0.3) is 0 Å². The van der Waals surface area contributed by atoms with Crippen molar-refractivity contribution >= 4 is 5.78 Å². The van der Waals surface area contributed by atoms with Crippen LogP contribution in [0, 0.1) is 11.8 Å². The summed E-state index contributed by atoms with van der Waals surface area (Å²) in [6.07, 6.45) is 0.970. The van der Waals surface area contributed by atoms with Crippen LogP contribution in [0.5, 0.6) is 0 Å². The predicted molar refractivity (Wildman–Crippen MR) is 48.0 cm³/mol. The molecule has 1 unspecified atom stereocenters. The molecular formula is C10H18O2. The zero-order valence-corrected chi connectivity index (χ0v) is 8.39. The number of carbonyl (C=O) groups excluding carboxylic acids is 1. The summed E-state index contributed by atoms with van der Waals surface area (Å²) < 4.78 is 5.11. The van der Waals surface area contributed by atoms with Crippen molar-refractivity contribution < 1.29 is 9.53 Å². The van der Waals surface area contributed by atoms with E-state index < -0.39 is 5.60 Å². The summed E-state index contributed by atoms with van der Waals surface area (Å²) in [5, 5.41) is 0. The lowest BCUT2D eigenvalue weighted by Gasteiger charge is -2.14. The molecule has 0 bridgehead atoms. The second kappa shape index (κ2) is 3.17. The molecular weight excluding hydrogens is 152 g/mol. The third-order valence-electron chi connectivity index (χ3n) is 2.37. The van der Waals surface area contributed by atoms with E-state index in [4.69, 9.17) is 4.74 Å². The maximum absolute atomic E-state index is 11.6. The molecule has 0 N–H and O–H groups in total. The van der Waals surface area contributed by atoms with Crippen LogP contribution in [0.25, 0.3) is 0 Å². The first kappa shape index (κ1) is 9.72. The molecule has 1 heterocycles. The van der Waals surface area contributed by atoms with Crippen molar-refractivity contribution in [2.24, 2.45) is 11.8 Å². The number of epoxide rings is 1. The first-order chi connectivity index (χ1) is 5.46. The van der Waals surface area contributed by atoms with E-state index in [1.807, 2.05) is 13.8 Å². The lowest BCUT2D eigenvalue weighted by Crippen LogP contribution is -2.27. The van der Waals surface area contributed by atoms with Crippen LogP contribution in [0.15, 0.2) is 0 Å². The van der Waals surface area contributed by atoms with Crippen LogP contribution in [-0.2, 0) is 9.53 Å². The standard InChI is InChI=1S/C10H18O2/c1-7(2)5-8(3)9(11)10(4)6-12-10/h7-8H,5-6H2,1-4H3/t8?,10-/m0/s1. The minimum Gasteiger partial charge on any atom is -0.362 e. The molecule has 0 aliphatic carbocycles. The van der Waals surface area contributed by atoms with Crippen molar-refractivity contribution in [1.82, 2.24) is 0 Å². The van der Waals surface area contributed by atoms with Crippen molar-refractivity contribution in [2.45, 2.75) is 39.7 Å². The summed E-state index contributed by atoms with van der Waals surface area (Å²) >= 11 is 0. The van der Waals surface area contributed by atoms with Crippen LogP contribution in [0.3, 0.4) is 0 Å². The Bertz CT molecular complexity index is 180. The van der Waals surface area contributed by atoms with E-state index in [1.54, 1.807) is 0 Å². The average Bonchev–Trinajstić information content (AvgIpc) is 2.66. The third-order valence-corrected chi connectivity index (χ3v) is 2.37. The molecule has 0 aromatic rings. The second-order valence-corrected chi connectivity index (χ2v) is 4.41. The number of hydrogen-bond donors (Lipinski definition) is 0. The molecule has 2 atom stereocenters. The smallest absolute Gasteiger partial charge is 0.169 e. The molecule has 1 fully saturated rings. The minimum atomic E-state index is -0.422. The van der Waals surface area contributed by atoms with Gasteiger partial charge in [-0.1, -0.05) is 20.8 Å². The van der Waals surface area contributed by atoms with Crippen molar-refractivity contribution in [3.63, 3.8) is 0 Å². The first-order valence-corrected chi connectivity index (χ1v) is 4.64. The number of ether oxygens (including phenoxy) is 1. The molecule has 0 aromatic carbocycles. The molecule has 70 valence electrons. The van der Waals surface area contributed by atoms with Crippen molar-refractivity contribution in [3.8, 4) is 0 Å². The van der Waals surface area contributed by atoms with Gasteiger partial charge in [-0.3, -0.25) is 4.79 Å². The molecule has 0 saturated carbocycles. The van der Waals surface area contributed by atoms with Crippen LogP contribution in [0.4, 0.5) is 0 Å². The van der Waals surface area contributed by atoms with E-state index in [-0.39, 0.29) is 11.7 Å². The molecule has 0 spiro atoms. The molecule has 2 nitrogen and oxygen atoms in total. The molecule has 0 amide bonds. The Morgan fingerprint density at radius 1 is 1.50 bits per heavy atom. The van der Waals surface area contributed by atoms with Crippen LogP contribution >= 0.6 is 0 Å². The second-order valence-electron chi connectivity index (χ2n) is 4.41. The van der Waals surface area contributed by atoms with E-state index in [0.717, 1.165) is 6.42 Å². The molecule has 1 rings (SSSR count). The largest absolute Gasteiger partial charge is 0.362 e. The molecule has 1 saturated heterocycles. The monoisotopic (exact) mass is 170 g/mol. The van der Waals surface area contributed by atoms with E-state index in [9.17, 15) is 4.79 Å². The minimum absolute atomic E-state index is 0.150. The third kappa shape index (κ3) is 2.07. The SMILES string of the molecule is CC(C)CC(C)C(=O)[C@]1(C)CO1. The first-order valence-electron chi connectivity index (χ1n) is 4.64. The summed E-state index contributed by atoms with van der Waals surface area (Å²) in [7, 11) is 0. The lowest BCUT2D eigenvalue weighted by molar-refractivity contribution is -0.127. The van der Waals surface area contributed by atoms with Crippen LogP contribution in [-0.4, -0.2) is 18.0 Å². The van der Waals surface area contributed by atoms with Gasteiger partial charge in [0.15, 0.2) is 5.78 Å². The predicted octanol–water partition coefficient (Wildman–Crippen LogP) is 2.03. The number of ketones is 1. The summed E-state index contributed by atoms with van der Waals surface area (Å²) in [5.41, 5.74) is -0.422. The maximum atomic E-state index is 11.6. The Kier molecular flexibility index (Phi) is 2.57. The van der Waals surface area contributed by atoms with Gasteiger partial charge in [0, 0.05) is 5.92 Å². The summed E-state index contributed by atoms with van der Waals surface area (Å²) in [6, 6.07) is 0. The molecule has 1 aliphatic rings. The Balaban J connectivity index is 2.42. The molecule has 12 heavy (non-hydrogen) atoms. The Morgan fingerprint density at radius 3 is 2.33 bits per heavy atom. The van der Waals surface area contributed by atoms with Gasteiger partial charge in [-0.2, -0.15) is 0 Å². The van der Waals surface area contributed by atoms with E-state index in [1.165, 1.54) is 0 Å². The Labute approximate surface area is 74.3 Å². The van der Waals surface area contributed by atoms with Gasteiger partial charge in [-0.05, 0) is 19.3 Å². The van der Waals surface area contributed by atoms with Gasteiger partial charge < -0.3 is 4.74 Å². The van der Waals surface area contributed by atoms with Crippen molar-refractivity contribution in [3.05, 3.63) is 0 Å². The van der Waals surface area contributed by atoms with E-state index in [0.29, 0.717) is 12.5 Å². The number of hydrogen-bond acceptors (Lipinski definition) is 2. The van der Waals surface area contributed by atoms with Gasteiger partial charge in [0.2, 0.25) is 0 Å². The molecule has 2 heteroatoms. The average molecular weight is 170 g/mol. The lowest BCUT2D eigenvalue weighted by atomic mass is 9.89. The highest BCUT2D eigenvalue weighted by Crippen LogP contribution is 2.31. The number of rotatable bonds is 4. The maximum Gasteiger partial charge on any atom is 0.169 e. The number of Topliss-reactive ketones (excluding diaryl/α,β-unsaturated/α-hetero) is 1. The van der Waals surface area contributed by atoms with Crippen molar-refractivity contribution in [2.75, 3.05) is 6.61 Å². The van der Waals surface area contributed by atoms with Gasteiger partial charge in [-0.15, -0.1) is 0 Å². The van der Waals surface area contributed by atoms with Gasteiger partial charge in [-0.25, -0.2) is 0 Å². The van der Waals surface area contributed by atoms with Gasteiger partial charge in [0.05, 0.1) is 6.61 Å². The zero-order chi connectivity index (χ0) is 9.35. The summed E-state index contributed by atoms with van der Waals surface area (Å²) in [4.78, 5) is 11.6. The zero-order valence-electron chi connectivity index (χ0n) is 8.39. The van der Waals surface area contributed by atoms with E-state index >= 15 is 0 Å². The Hall–Kier alpha value is -0.370. The van der Waals surface area contributed by atoms with Gasteiger partial charge in [0.1, 0.15) is 5.60 Å². The fourth-order valence-corrected chi connectivity index (χ4v) is 1.59. The topological polar surface area (TPSA) is 29.6 Å². The highest BCUT2D eigenvalue weighted by atomic mass is 16.6. The van der Waals surface area contributed by atoms with Crippen LogP contribution < -0.4 is 0 Å². The number of carbonyl (C=O) groups is 1. The summed E-state index contributed by atoms with van der Waals surface area (Å²) in [5.74, 6) is 1.01. The Morgan fingerprint density at radius 2 is 2.00 bits per heavy atom.